The van der Waals surface area contributed by atoms with Gasteiger partial charge in [-0.05, 0) is 19.3 Å². The molecule has 1 aliphatic heterocycles. The van der Waals surface area contributed by atoms with Crippen LogP contribution in [0.4, 0.5) is 0 Å². The summed E-state index contributed by atoms with van der Waals surface area (Å²) in [5, 5.41) is 0. The highest BCUT2D eigenvalue weighted by Crippen LogP contribution is 2.27. The number of carbonyl (C=O) groups is 1. The molecule has 4 nitrogen and oxygen atoms in total. The molecule has 0 N–H and O–H groups in total. The molecule has 4 heteroatoms. The van der Waals surface area contributed by atoms with Crippen LogP contribution in [0.1, 0.15) is 35.4 Å². The Morgan fingerprint density at radius 1 is 1.20 bits per heavy atom. The molecule has 0 saturated carbocycles. The number of imidazole rings is 1. The Hall–Kier alpha value is -2.10. The Kier molecular flexibility index (Phi) is 3.54. The van der Waals surface area contributed by atoms with Gasteiger partial charge in [0.15, 0.2) is 5.69 Å². The fraction of sp³-hybridized carbons (Fsp3) is 0.375. The van der Waals surface area contributed by atoms with E-state index in [4.69, 9.17) is 4.74 Å². The van der Waals surface area contributed by atoms with E-state index < -0.39 is 0 Å². The van der Waals surface area contributed by atoms with Crippen molar-refractivity contribution in [2.45, 2.75) is 32.2 Å². The first-order valence-electron chi connectivity index (χ1n) is 7.04. The maximum Gasteiger partial charge on any atom is 0.358 e. The predicted octanol–water partition coefficient (Wildman–Crippen LogP) is 3.06. The molecule has 3 rings (SSSR count). The lowest BCUT2D eigenvalue weighted by Gasteiger charge is -2.08. The lowest BCUT2D eigenvalue weighted by Crippen LogP contribution is -2.08. The summed E-state index contributed by atoms with van der Waals surface area (Å²) >= 11 is 0. The van der Waals surface area contributed by atoms with Crippen LogP contribution in [0.3, 0.4) is 0 Å². The number of esters is 1. The molecule has 0 amide bonds. The number of methoxy groups -OCH3 is 1. The Labute approximate surface area is 118 Å². The number of aromatic nitrogens is 2. The number of carbonyl (C=O) groups excluding carboxylic acids is 1. The topological polar surface area (TPSA) is 44.1 Å². The summed E-state index contributed by atoms with van der Waals surface area (Å²) < 4.78 is 7.07. The van der Waals surface area contributed by atoms with Crippen LogP contribution in [0.2, 0.25) is 0 Å². The molecule has 1 aliphatic rings. The van der Waals surface area contributed by atoms with Gasteiger partial charge < -0.3 is 9.30 Å². The van der Waals surface area contributed by atoms with Crippen LogP contribution in [0.5, 0.6) is 0 Å². The van der Waals surface area contributed by atoms with Crippen molar-refractivity contribution < 1.29 is 9.53 Å². The molecule has 0 bridgehead atoms. The number of rotatable bonds is 2. The van der Waals surface area contributed by atoms with Gasteiger partial charge in [0.1, 0.15) is 5.82 Å². The maximum absolute atomic E-state index is 11.9. The number of hydrogen-bond donors (Lipinski definition) is 0. The summed E-state index contributed by atoms with van der Waals surface area (Å²) in [7, 11) is 1.41. The van der Waals surface area contributed by atoms with Crippen LogP contribution in [-0.4, -0.2) is 22.6 Å². The van der Waals surface area contributed by atoms with Crippen LogP contribution in [0.15, 0.2) is 30.3 Å². The second-order valence-corrected chi connectivity index (χ2v) is 5.05. The number of hydrogen-bond acceptors (Lipinski definition) is 3. The molecule has 0 fully saturated rings. The van der Waals surface area contributed by atoms with Gasteiger partial charge in [-0.25, -0.2) is 9.78 Å². The third-order valence-electron chi connectivity index (χ3n) is 3.78. The van der Waals surface area contributed by atoms with Crippen LogP contribution in [-0.2, 0) is 17.7 Å². The minimum Gasteiger partial charge on any atom is -0.464 e. The monoisotopic (exact) mass is 270 g/mol. The molecule has 0 aliphatic carbocycles. The first kappa shape index (κ1) is 12.9. The van der Waals surface area contributed by atoms with Crippen molar-refractivity contribution in [2.24, 2.45) is 0 Å². The normalized spacial score (nSPS) is 14.4. The minimum absolute atomic E-state index is 0.335. The molecule has 0 unspecified atom stereocenters. The van der Waals surface area contributed by atoms with Gasteiger partial charge in [-0.1, -0.05) is 36.8 Å². The quantitative estimate of drug-likeness (QED) is 0.788. The van der Waals surface area contributed by atoms with Gasteiger partial charge in [0.25, 0.3) is 0 Å². The van der Waals surface area contributed by atoms with Gasteiger partial charge in [0, 0.05) is 12.1 Å². The molecule has 0 atom stereocenters. The molecular weight excluding hydrogens is 252 g/mol. The average Bonchev–Trinajstić information content (AvgIpc) is 2.69. The predicted molar refractivity (Wildman–Crippen MR) is 76.6 cm³/mol. The Balaban J connectivity index is 2.15. The summed E-state index contributed by atoms with van der Waals surface area (Å²) in [4.78, 5) is 16.5. The molecule has 0 radical (unpaired) electrons. The SMILES string of the molecule is COC(=O)c1nc(-c2ccccc2)n2c1CCCCC2. The molecule has 0 saturated heterocycles. The van der Waals surface area contributed by atoms with Crippen molar-refractivity contribution in [1.82, 2.24) is 9.55 Å². The molecule has 1 aromatic carbocycles. The van der Waals surface area contributed by atoms with Crippen molar-refractivity contribution in [3.05, 3.63) is 41.7 Å². The van der Waals surface area contributed by atoms with E-state index in [9.17, 15) is 4.79 Å². The number of nitrogens with zero attached hydrogens (tertiary/aromatic N) is 2. The van der Waals surface area contributed by atoms with Crippen LogP contribution in [0.25, 0.3) is 11.4 Å². The van der Waals surface area contributed by atoms with E-state index in [0.29, 0.717) is 5.69 Å². The summed E-state index contributed by atoms with van der Waals surface area (Å²) in [6.45, 7) is 0.920. The molecule has 2 aromatic rings. The van der Waals surface area contributed by atoms with Gasteiger partial charge in [-0.3, -0.25) is 0 Å². The zero-order valence-electron chi connectivity index (χ0n) is 11.6. The van der Waals surface area contributed by atoms with Gasteiger partial charge in [0.2, 0.25) is 0 Å². The second-order valence-electron chi connectivity index (χ2n) is 5.05. The zero-order chi connectivity index (χ0) is 13.9. The third kappa shape index (κ3) is 2.22. The van der Waals surface area contributed by atoms with E-state index in [1.54, 1.807) is 0 Å². The van der Waals surface area contributed by atoms with Gasteiger partial charge in [-0.2, -0.15) is 0 Å². The summed E-state index contributed by atoms with van der Waals surface area (Å²) in [5.41, 5.74) is 2.55. The Bertz CT molecular complexity index is 617. The number of fused-ring (bicyclic) bond motifs is 1. The molecule has 104 valence electrons. The van der Waals surface area contributed by atoms with E-state index in [-0.39, 0.29) is 5.97 Å². The maximum atomic E-state index is 11.9. The minimum atomic E-state index is -0.335. The fourth-order valence-corrected chi connectivity index (χ4v) is 2.79. The van der Waals surface area contributed by atoms with E-state index in [1.165, 1.54) is 13.5 Å². The van der Waals surface area contributed by atoms with E-state index in [1.807, 2.05) is 30.3 Å². The summed E-state index contributed by atoms with van der Waals surface area (Å²) in [6, 6.07) is 10.0. The highest BCUT2D eigenvalue weighted by Gasteiger charge is 2.24. The highest BCUT2D eigenvalue weighted by molar-refractivity contribution is 5.89. The average molecular weight is 270 g/mol. The smallest absolute Gasteiger partial charge is 0.358 e. The highest BCUT2D eigenvalue weighted by atomic mass is 16.5. The van der Waals surface area contributed by atoms with E-state index in [2.05, 4.69) is 9.55 Å². The van der Waals surface area contributed by atoms with E-state index in [0.717, 1.165) is 42.9 Å². The number of benzene rings is 1. The molecule has 20 heavy (non-hydrogen) atoms. The fourth-order valence-electron chi connectivity index (χ4n) is 2.79. The van der Waals surface area contributed by atoms with Crippen molar-refractivity contribution in [1.29, 1.82) is 0 Å². The molecule has 2 heterocycles. The summed E-state index contributed by atoms with van der Waals surface area (Å²) in [6.07, 6.45) is 4.31. The molecule has 1 aromatic heterocycles. The third-order valence-corrected chi connectivity index (χ3v) is 3.78. The van der Waals surface area contributed by atoms with Crippen LogP contribution < -0.4 is 0 Å². The largest absolute Gasteiger partial charge is 0.464 e. The second kappa shape index (κ2) is 5.49. The van der Waals surface area contributed by atoms with Crippen LogP contribution >= 0.6 is 0 Å². The molecule has 0 spiro atoms. The summed E-state index contributed by atoms with van der Waals surface area (Å²) in [5.74, 6) is 0.542. The lowest BCUT2D eigenvalue weighted by atomic mass is 10.1. The van der Waals surface area contributed by atoms with Crippen molar-refractivity contribution in [2.75, 3.05) is 7.11 Å². The standard InChI is InChI=1S/C16H18N2O2/c1-20-16(19)14-13-10-6-3-7-11-18(13)15(17-14)12-8-4-2-5-9-12/h2,4-5,8-9H,3,6-7,10-11H2,1H3. The lowest BCUT2D eigenvalue weighted by molar-refractivity contribution is 0.0593. The van der Waals surface area contributed by atoms with Crippen molar-refractivity contribution in [3.8, 4) is 11.4 Å². The number of ether oxygens (including phenoxy) is 1. The first-order valence-corrected chi connectivity index (χ1v) is 7.04. The zero-order valence-corrected chi connectivity index (χ0v) is 11.6. The Morgan fingerprint density at radius 2 is 2.00 bits per heavy atom. The van der Waals surface area contributed by atoms with Gasteiger partial charge in [-0.15, -0.1) is 0 Å². The van der Waals surface area contributed by atoms with Gasteiger partial charge in [0.05, 0.1) is 12.8 Å². The van der Waals surface area contributed by atoms with Crippen LogP contribution in [0, 0.1) is 0 Å². The first-order chi connectivity index (χ1) is 9.81. The van der Waals surface area contributed by atoms with E-state index >= 15 is 0 Å². The Morgan fingerprint density at radius 3 is 2.75 bits per heavy atom. The van der Waals surface area contributed by atoms with Gasteiger partial charge >= 0.3 is 5.97 Å². The van der Waals surface area contributed by atoms with Crippen molar-refractivity contribution >= 4 is 5.97 Å². The van der Waals surface area contributed by atoms with Crippen molar-refractivity contribution in [3.63, 3.8) is 0 Å². The molecular formula is C16H18N2O2.